The van der Waals surface area contributed by atoms with Crippen LogP contribution in [0.3, 0.4) is 0 Å². The Kier molecular flexibility index (Phi) is 6.83. The number of rotatable bonds is 6. The van der Waals surface area contributed by atoms with Crippen molar-refractivity contribution < 1.29 is 9.18 Å². The molecule has 160 valence electrons. The van der Waals surface area contributed by atoms with Crippen LogP contribution in [0.1, 0.15) is 22.7 Å². The average Bonchev–Trinajstić information content (AvgIpc) is 2.81. The topological polar surface area (TPSA) is 32.3 Å². The van der Waals surface area contributed by atoms with Crippen LogP contribution >= 0.6 is 11.6 Å². The van der Waals surface area contributed by atoms with Gasteiger partial charge in [0.25, 0.3) is 0 Å². The van der Waals surface area contributed by atoms with Gasteiger partial charge >= 0.3 is 6.03 Å². The lowest BCUT2D eigenvalue weighted by Gasteiger charge is -2.33. The molecular weight excluding hydrogens is 423 g/mol. The summed E-state index contributed by atoms with van der Waals surface area (Å²) in [4.78, 5) is 15.3. The maximum Gasteiger partial charge on any atom is 0.322 e. The number of benzene rings is 4. The smallest absolute Gasteiger partial charge is 0.309 e. The van der Waals surface area contributed by atoms with Gasteiger partial charge in [0, 0.05) is 17.3 Å². The predicted octanol–water partition coefficient (Wildman–Crippen LogP) is 7.30. The molecule has 4 aromatic carbocycles. The molecule has 2 amide bonds. The van der Waals surface area contributed by atoms with Gasteiger partial charge in [-0.15, -0.1) is 0 Å². The van der Waals surface area contributed by atoms with Crippen LogP contribution in [-0.4, -0.2) is 10.9 Å². The Labute approximate surface area is 192 Å². The van der Waals surface area contributed by atoms with E-state index in [0.29, 0.717) is 17.3 Å². The first-order chi connectivity index (χ1) is 15.6. The van der Waals surface area contributed by atoms with Crippen LogP contribution in [0.15, 0.2) is 109 Å². The van der Waals surface area contributed by atoms with Crippen molar-refractivity contribution in [3.8, 4) is 0 Å². The fourth-order valence-electron chi connectivity index (χ4n) is 3.65. The molecule has 0 heterocycles. The second-order valence-electron chi connectivity index (χ2n) is 7.42. The van der Waals surface area contributed by atoms with Crippen molar-refractivity contribution in [1.29, 1.82) is 0 Å². The van der Waals surface area contributed by atoms with Gasteiger partial charge in [0.05, 0.1) is 6.04 Å². The Morgan fingerprint density at radius 3 is 1.97 bits per heavy atom. The molecule has 5 heteroatoms. The molecule has 0 aliphatic rings. The summed E-state index contributed by atoms with van der Waals surface area (Å²) in [7, 11) is 0. The van der Waals surface area contributed by atoms with E-state index in [9.17, 15) is 9.18 Å². The van der Waals surface area contributed by atoms with Gasteiger partial charge in [-0.05, 0) is 47.0 Å². The summed E-state index contributed by atoms with van der Waals surface area (Å²) in [6.07, 6.45) is 0. The van der Waals surface area contributed by atoms with Crippen molar-refractivity contribution in [2.24, 2.45) is 0 Å². The molecule has 0 bridgehead atoms. The second kappa shape index (κ2) is 10.1. The summed E-state index contributed by atoms with van der Waals surface area (Å²) in [6.45, 7) is 0.340. The second-order valence-corrected chi connectivity index (χ2v) is 7.86. The highest BCUT2D eigenvalue weighted by Crippen LogP contribution is 2.31. The van der Waals surface area contributed by atoms with Crippen molar-refractivity contribution >= 4 is 23.3 Å². The van der Waals surface area contributed by atoms with Crippen LogP contribution in [0.25, 0.3) is 0 Å². The molecule has 0 aromatic heterocycles. The van der Waals surface area contributed by atoms with E-state index in [2.05, 4.69) is 5.32 Å². The van der Waals surface area contributed by atoms with Gasteiger partial charge in [-0.3, -0.25) is 0 Å². The molecular formula is C27H22ClFN2O. The molecule has 1 N–H and O–H groups in total. The monoisotopic (exact) mass is 444 g/mol. The van der Waals surface area contributed by atoms with Gasteiger partial charge < -0.3 is 10.2 Å². The Bertz CT molecular complexity index is 1130. The SMILES string of the molecule is O=C(Nc1cccc(F)c1)N(Cc1ccc(Cl)cc1)C(c1ccccc1)c1ccccc1. The molecule has 0 radical (unpaired) electrons. The number of amides is 2. The molecule has 3 nitrogen and oxygen atoms in total. The zero-order chi connectivity index (χ0) is 22.3. The molecule has 4 aromatic rings. The molecule has 0 aliphatic carbocycles. The van der Waals surface area contributed by atoms with Crippen LogP contribution in [0.2, 0.25) is 5.02 Å². The number of nitrogens with one attached hydrogen (secondary N) is 1. The van der Waals surface area contributed by atoms with Gasteiger partial charge in [-0.25, -0.2) is 9.18 Å². The average molecular weight is 445 g/mol. The third-order valence-corrected chi connectivity index (χ3v) is 5.40. The summed E-state index contributed by atoms with van der Waals surface area (Å²) in [6, 6.07) is 32.3. The van der Waals surface area contributed by atoms with E-state index >= 15 is 0 Å². The molecule has 0 saturated heterocycles. The normalized spacial score (nSPS) is 10.7. The number of hydrogen-bond acceptors (Lipinski definition) is 1. The minimum Gasteiger partial charge on any atom is -0.309 e. The standard InChI is InChI=1S/C27H22ClFN2O/c28-23-16-14-20(15-17-23)19-31(27(32)30-25-13-7-12-24(29)18-25)26(21-8-3-1-4-9-21)22-10-5-2-6-11-22/h1-18,26H,19H2,(H,30,32). The number of nitrogens with zero attached hydrogens (tertiary/aromatic N) is 1. The summed E-state index contributed by atoms with van der Waals surface area (Å²) in [5, 5.41) is 3.49. The maximum atomic E-state index is 13.7. The first kappa shape index (κ1) is 21.6. The zero-order valence-electron chi connectivity index (χ0n) is 17.3. The van der Waals surface area contributed by atoms with E-state index in [1.807, 2.05) is 72.8 Å². The molecule has 0 atom stereocenters. The first-order valence-corrected chi connectivity index (χ1v) is 10.7. The number of carbonyl (C=O) groups excluding carboxylic acids is 1. The number of halogens is 2. The number of urea groups is 1. The van der Waals surface area contributed by atoms with Crippen molar-refractivity contribution in [1.82, 2.24) is 4.90 Å². The third-order valence-electron chi connectivity index (χ3n) is 5.15. The highest BCUT2D eigenvalue weighted by atomic mass is 35.5. The minimum absolute atomic E-state index is 0.330. The van der Waals surface area contributed by atoms with Gasteiger partial charge in [-0.2, -0.15) is 0 Å². The Morgan fingerprint density at radius 2 is 1.41 bits per heavy atom. The Hall–Kier alpha value is -3.63. The van der Waals surface area contributed by atoms with Gasteiger partial charge in [0.15, 0.2) is 0 Å². The lowest BCUT2D eigenvalue weighted by atomic mass is 9.96. The quantitative estimate of drug-likeness (QED) is 0.332. The summed E-state index contributed by atoms with van der Waals surface area (Å²) >= 11 is 6.06. The van der Waals surface area contributed by atoms with Crippen LogP contribution in [0.5, 0.6) is 0 Å². The predicted molar refractivity (Wildman–Crippen MR) is 127 cm³/mol. The number of carbonyl (C=O) groups is 1. The van der Waals surface area contributed by atoms with E-state index in [1.54, 1.807) is 29.2 Å². The molecule has 4 rings (SSSR count). The van der Waals surface area contributed by atoms with Gasteiger partial charge in [0.1, 0.15) is 5.82 Å². The molecule has 0 spiro atoms. The van der Waals surface area contributed by atoms with Crippen LogP contribution < -0.4 is 5.32 Å². The van der Waals surface area contributed by atoms with E-state index in [0.717, 1.165) is 16.7 Å². The summed E-state index contributed by atoms with van der Waals surface area (Å²) in [5.74, 6) is -0.408. The Balaban J connectivity index is 1.76. The molecule has 0 aliphatic heterocycles. The van der Waals surface area contributed by atoms with Gasteiger partial charge in [0.2, 0.25) is 0 Å². The third kappa shape index (κ3) is 5.34. The van der Waals surface area contributed by atoms with Crippen LogP contribution in [0.4, 0.5) is 14.9 Å². The van der Waals surface area contributed by atoms with E-state index < -0.39 is 5.82 Å². The molecule has 0 saturated carbocycles. The van der Waals surface area contributed by atoms with Gasteiger partial charge in [-0.1, -0.05) is 90.5 Å². The van der Waals surface area contributed by atoms with Crippen molar-refractivity contribution in [2.75, 3.05) is 5.32 Å². The zero-order valence-corrected chi connectivity index (χ0v) is 18.0. The van der Waals surface area contributed by atoms with Crippen molar-refractivity contribution in [3.05, 3.63) is 137 Å². The molecule has 0 unspecified atom stereocenters. The van der Waals surface area contributed by atoms with Crippen molar-refractivity contribution in [2.45, 2.75) is 12.6 Å². The summed E-state index contributed by atoms with van der Waals surface area (Å²) < 4.78 is 13.7. The summed E-state index contributed by atoms with van der Waals surface area (Å²) in [5.41, 5.74) is 3.28. The first-order valence-electron chi connectivity index (χ1n) is 10.3. The number of anilines is 1. The minimum atomic E-state index is -0.408. The van der Waals surface area contributed by atoms with Crippen molar-refractivity contribution in [3.63, 3.8) is 0 Å². The van der Waals surface area contributed by atoms with Crippen LogP contribution in [-0.2, 0) is 6.54 Å². The lowest BCUT2D eigenvalue weighted by molar-refractivity contribution is 0.194. The maximum absolute atomic E-state index is 13.7. The van der Waals surface area contributed by atoms with E-state index in [1.165, 1.54) is 12.1 Å². The highest BCUT2D eigenvalue weighted by Gasteiger charge is 2.27. The largest absolute Gasteiger partial charge is 0.322 e. The van der Waals surface area contributed by atoms with E-state index in [4.69, 9.17) is 11.6 Å². The molecule has 32 heavy (non-hydrogen) atoms. The fourth-order valence-corrected chi connectivity index (χ4v) is 3.78. The van der Waals surface area contributed by atoms with Crippen LogP contribution in [0, 0.1) is 5.82 Å². The molecule has 0 fully saturated rings. The fraction of sp³-hybridized carbons (Fsp3) is 0.0741. The highest BCUT2D eigenvalue weighted by molar-refractivity contribution is 6.30. The lowest BCUT2D eigenvalue weighted by Crippen LogP contribution is -2.38. The number of hydrogen-bond donors (Lipinski definition) is 1. The van der Waals surface area contributed by atoms with E-state index in [-0.39, 0.29) is 12.1 Å². The Morgan fingerprint density at radius 1 is 0.812 bits per heavy atom.